The van der Waals surface area contributed by atoms with Crippen LogP contribution in [0.4, 0.5) is 24.5 Å². The number of rotatable bonds is 4. The molecule has 14 heteroatoms. The number of carbonyl (C=O) groups excluding carboxylic acids is 1. The average molecular weight is 519 g/mol. The summed E-state index contributed by atoms with van der Waals surface area (Å²) >= 11 is 0. The second-order valence-electron chi connectivity index (χ2n) is 9.30. The molecule has 2 aliphatic rings. The van der Waals surface area contributed by atoms with Gasteiger partial charge >= 0.3 is 11.9 Å². The van der Waals surface area contributed by atoms with Crippen LogP contribution >= 0.6 is 0 Å². The van der Waals surface area contributed by atoms with Crippen LogP contribution in [-0.2, 0) is 24.1 Å². The first kappa shape index (κ1) is 24.7. The van der Waals surface area contributed by atoms with E-state index in [0.29, 0.717) is 41.9 Å². The summed E-state index contributed by atoms with van der Waals surface area (Å²) in [4.78, 5) is 32.4. The van der Waals surface area contributed by atoms with Crippen LogP contribution in [0.25, 0.3) is 10.9 Å². The van der Waals surface area contributed by atoms with Crippen LogP contribution in [0.1, 0.15) is 25.0 Å². The van der Waals surface area contributed by atoms with Crippen molar-refractivity contribution < 1.29 is 27.6 Å². The molecule has 3 aromatic rings. The summed E-state index contributed by atoms with van der Waals surface area (Å²) in [5.74, 6) is -1.06. The molecule has 0 saturated carbocycles. The predicted molar refractivity (Wildman–Crippen MR) is 125 cm³/mol. The quantitative estimate of drug-likeness (QED) is 0.381. The van der Waals surface area contributed by atoms with Gasteiger partial charge in [0.1, 0.15) is 17.6 Å². The largest absolute Gasteiger partial charge is 0.497 e. The van der Waals surface area contributed by atoms with E-state index in [2.05, 4.69) is 15.2 Å². The topological polar surface area (TPSA) is 120 Å². The van der Waals surface area contributed by atoms with Gasteiger partial charge < -0.3 is 19.1 Å². The Labute approximate surface area is 209 Å². The van der Waals surface area contributed by atoms with Crippen LogP contribution in [0, 0.1) is 22.0 Å². The van der Waals surface area contributed by atoms with Gasteiger partial charge in [-0.05, 0) is 24.5 Å². The molecule has 4 heterocycles. The minimum Gasteiger partial charge on any atom is -0.497 e. The summed E-state index contributed by atoms with van der Waals surface area (Å²) in [5.41, 5.74) is 0.882. The highest BCUT2D eigenvalue weighted by atomic mass is 19.4. The van der Waals surface area contributed by atoms with Crippen molar-refractivity contribution >= 4 is 28.2 Å². The average Bonchev–Trinajstić information content (AvgIpc) is 3.31. The number of alkyl halides is 3. The Morgan fingerprint density at radius 3 is 2.68 bits per heavy atom. The van der Waals surface area contributed by atoms with E-state index in [1.54, 1.807) is 18.2 Å². The third kappa shape index (κ3) is 4.40. The van der Waals surface area contributed by atoms with Gasteiger partial charge in [-0.25, -0.2) is 4.98 Å². The summed E-state index contributed by atoms with van der Waals surface area (Å²) < 4.78 is 45.7. The van der Waals surface area contributed by atoms with E-state index in [0.717, 1.165) is 4.57 Å². The monoisotopic (exact) mass is 519 g/mol. The van der Waals surface area contributed by atoms with Gasteiger partial charge in [0.2, 0.25) is 11.7 Å². The number of piperidine rings is 1. The maximum atomic E-state index is 13.4. The van der Waals surface area contributed by atoms with Gasteiger partial charge in [0.25, 0.3) is 0 Å². The minimum absolute atomic E-state index is 0.0329. The molecular weight excluding hydrogens is 495 g/mol. The number of halogens is 3. The van der Waals surface area contributed by atoms with Crippen molar-refractivity contribution in [3.8, 4) is 5.75 Å². The second kappa shape index (κ2) is 9.16. The number of amides is 1. The SMILES string of the molecule is COc1ccc2c(N3CCC(C(=O)N4CCn5c(nnc5C(F)(F)F)C4)C(C)C3)c([N+](=O)[O-])cnc2c1. The van der Waals surface area contributed by atoms with E-state index in [9.17, 15) is 28.1 Å². The van der Waals surface area contributed by atoms with Gasteiger partial charge in [-0.3, -0.25) is 14.9 Å². The lowest BCUT2D eigenvalue weighted by Gasteiger charge is -2.40. The van der Waals surface area contributed by atoms with Crippen molar-refractivity contribution in [1.29, 1.82) is 0 Å². The van der Waals surface area contributed by atoms with Crippen LogP contribution in [0.2, 0.25) is 0 Å². The first-order valence-corrected chi connectivity index (χ1v) is 11.7. The van der Waals surface area contributed by atoms with Crippen molar-refractivity contribution in [2.45, 2.75) is 32.6 Å². The fraction of sp³-hybridized carbons (Fsp3) is 0.478. The Balaban J connectivity index is 1.35. The Morgan fingerprint density at radius 2 is 2.00 bits per heavy atom. The maximum absolute atomic E-state index is 13.4. The number of nitrogens with zero attached hydrogens (tertiary/aromatic N) is 7. The second-order valence-corrected chi connectivity index (χ2v) is 9.30. The Morgan fingerprint density at radius 1 is 1.22 bits per heavy atom. The first-order valence-electron chi connectivity index (χ1n) is 11.7. The minimum atomic E-state index is -4.61. The molecule has 196 valence electrons. The Kier molecular flexibility index (Phi) is 6.12. The lowest BCUT2D eigenvalue weighted by Crippen LogP contribution is -2.49. The van der Waals surface area contributed by atoms with Crippen LogP contribution in [0.15, 0.2) is 24.4 Å². The number of anilines is 1. The van der Waals surface area contributed by atoms with Crippen molar-refractivity contribution in [2.75, 3.05) is 31.6 Å². The molecule has 2 unspecified atom stereocenters. The number of benzene rings is 1. The molecule has 0 aliphatic carbocycles. The summed E-state index contributed by atoms with van der Waals surface area (Å²) in [6.07, 6.45) is -2.93. The standard InChI is InChI=1S/C23H24F3N7O4/c1-13-11-30(20-16-4-3-14(37-2)9-17(16)27-10-18(20)33(35)36)6-5-15(13)21(34)31-7-8-32-19(12-31)28-29-22(32)23(24,25)26/h3-4,9-10,13,15H,5-8,11-12H2,1-2H3. The van der Waals surface area contributed by atoms with E-state index < -0.39 is 16.9 Å². The molecule has 0 spiro atoms. The van der Waals surface area contributed by atoms with Crippen LogP contribution < -0.4 is 9.64 Å². The van der Waals surface area contributed by atoms with E-state index in [1.165, 1.54) is 18.2 Å². The molecule has 11 nitrogen and oxygen atoms in total. The smallest absolute Gasteiger partial charge is 0.451 e. The van der Waals surface area contributed by atoms with E-state index in [-0.39, 0.29) is 48.9 Å². The number of aromatic nitrogens is 4. The fourth-order valence-electron chi connectivity index (χ4n) is 5.25. The molecule has 1 fully saturated rings. The summed E-state index contributed by atoms with van der Waals surface area (Å²) in [6, 6.07) is 5.17. The number of pyridine rings is 1. The zero-order valence-electron chi connectivity index (χ0n) is 20.1. The molecule has 2 atom stereocenters. The Bertz CT molecular complexity index is 1380. The van der Waals surface area contributed by atoms with E-state index in [4.69, 9.17) is 4.74 Å². The third-order valence-corrected chi connectivity index (χ3v) is 7.08. The molecule has 0 radical (unpaired) electrons. The van der Waals surface area contributed by atoms with Gasteiger partial charge in [0.15, 0.2) is 5.82 Å². The Hall–Kier alpha value is -3.97. The number of methoxy groups -OCH3 is 1. The van der Waals surface area contributed by atoms with Crippen molar-refractivity contribution in [3.63, 3.8) is 0 Å². The molecule has 0 N–H and O–H groups in total. The van der Waals surface area contributed by atoms with Gasteiger partial charge in [-0.1, -0.05) is 6.92 Å². The molecule has 37 heavy (non-hydrogen) atoms. The molecule has 5 rings (SSSR count). The zero-order valence-corrected chi connectivity index (χ0v) is 20.1. The maximum Gasteiger partial charge on any atom is 0.451 e. The number of nitro groups is 1. The van der Waals surface area contributed by atoms with Crippen LogP contribution in [0.5, 0.6) is 5.75 Å². The lowest BCUT2D eigenvalue weighted by molar-refractivity contribution is -0.384. The lowest BCUT2D eigenvalue weighted by atomic mass is 9.85. The predicted octanol–water partition coefficient (Wildman–Crippen LogP) is 3.27. The normalized spacial score (nSPS) is 20.1. The molecule has 1 amide bonds. The molecule has 1 aromatic carbocycles. The van der Waals surface area contributed by atoms with Gasteiger partial charge in [0, 0.05) is 43.5 Å². The number of carbonyl (C=O) groups is 1. The van der Waals surface area contributed by atoms with Crippen molar-refractivity contribution in [3.05, 3.63) is 46.2 Å². The molecule has 1 saturated heterocycles. The number of fused-ring (bicyclic) bond motifs is 2. The zero-order chi connectivity index (χ0) is 26.5. The highest BCUT2D eigenvalue weighted by Crippen LogP contribution is 2.39. The molecular formula is C23H24F3N7O4. The molecule has 2 aliphatic heterocycles. The highest BCUT2D eigenvalue weighted by molar-refractivity contribution is 5.97. The van der Waals surface area contributed by atoms with E-state index in [1.807, 2.05) is 11.8 Å². The fourth-order valence-corrected chi connectivity index (χ4v) is 5.25. The van der Waals surface area contributed by atoms with Crippen molar-refractivity contribution in [2.24, 2.45) is 11.8 Å². The van der Waals surface area contributed by atoms with Crippen LogP contribution in [-0.4, -0.2) is 62.2 Å². The van der Waals surface area contributed by atoms with Gasteiger partial charge in [-0.2, -0.15) is 13.2 Å². The highest BCUT2D eigenvalue weighted by Gasteiger charge is 2.41. The number of hydrogen-bond donors (Lipinski definition) is 0. The first-order chi connectivity index (χ1) is 17.6. The third-order valence-electron chi connectivity index (χ3n) is 7.08. The van der Waals surface area contributed by atoms with Crippen LogP contribution in [0.3, 0.4) is 0 Å². The summed E-state index contributed by atoms with van der Waals surface area (Å²) in [6.45, 7) is 2.74. The molecule has 2 aromatic heterocycles. The van der Waals surface area contributed by atoms with Crippen molar-refractivity contribution in [1.82, 2.24) is 24.6 Å². The summed E-state index contributed by atoms with van der Waals surface area (Å²) in [5, 5.41) is 19.4. The van der Waals surface area contributed by atoms with Gasteiger partial charge in [-0.15, -0.1) is 10.2 Å². The van der Waals surface area contributed by atoms with Gasteiger partial charge in [0.05, 0.1) is 24.1 Å². The number of hydrogen-bond acceptors (Lipinski definition) is 8. The van der Waals surface area contributed by atoms with E-state index >= 15 is 0 Å². The summed E-state index contributed by atoms with van der Waals surface area (Å²) in [7, 11) is 1.53. The molecule has 0 bridgehead atoms. The number of ether oxygens (including phenoxy) is 1.